The molecule has 1 aliphatic rings. The number of rotatable bonds is 1. The van der Waals surface area contributed by atoms with Gasteiger partial charge in [-0.05, 0) is 24.5 Å². The largest absolute Gasteiger partial charge is 0.313 e. The Hall–Kier alpha value is -1.02. The van der Waals surface area contributed by atoms with Crippen LogP contribution in [0.3, 0.4) is 0 Å². The number of benzene rings is 1. The molecule has 1 amide bonds. The average molecular weight is 298 g/mol. The van der Waals surface area contributed by atoms with Gasteiger partial charge in [-0.25, -0.2) is 0 Å². The normalized spacial score (nSPS) is 19.9. The van der Waals surface area contributed by atoms with E-state index in [1.807, 2.05) is 52.8 Å². The van der Waals surface area contributed by atoms with Crippen LogP contribution in [0, 0.1) is 5.92 Å². The molecule has 2 nitrogen and oxygen atoms in total. The zero-order valence-corrected chi connectivity index (χ0v) is 14.8. The van der Waals surface area contributed by atoms with Crippen LogP contribution in [-0.4, -0.2) is 13.0 Å². The van der Waals surface area contributed by atoms with E-state index in [0.29, 0.717) is 5.02 Å². The molecule has 0 spiro atoms. The molecule has 20 heavy (non-hydrogen) atoms. The lowest BCUT2D eigenvalue weighted by molar-refractivity contribution is -0.123. The topological polar surface area (TPSA) is 20.3 Å². The summed E-state index contributed by atoms with van der Waals surface area (Å²) in [6.45, 7) is 14.1. The third-order valence-corrected chi connectivity index (χ3v) is 4.09. The average Bonchev–Trinajstić information content (AvgIpc) is 2.67. The molecular weight excluding hydrogens is 270 g/mol. The summed E-state index contributed by atoms with van der Waals surface area (Å²) in [5.41, 5.74) is 1.46. The van der Waals surface area contributed by atoms with Gasteiger partial charge in [0.2, 0.25) is 5.91 Å². The van der Waals surface area contributed by atoms with E-state index in [2.05, 4.69) is 13.8 Å². The monoisotopic (exact) mass is 297 g/mol. The number of nitrogens with zero attached hydrogens (tertiary/aromatic N) is 1. The van der Waals surface area contributed by atoms with Crippen LogP contribution >= 0.6 is 11.6 Å². The van der Waals surface area contributed by atoms with Crippen LogP contribution in [0.4, 0.5) is 5.69 Å². The molecule has 1 aromatic rings. The maximum atomic E-state index is 12.3. The van der Waals surface area contributed by atoms with E-state index in [0.717, 1.165) is 11.3 Å². The van der Waals surface area contributed by atoms with Crippen molar-refractivity contribution in [2.45, 2.75) is 53.9 Å². The minimum absolute atomic E-state index is 0.130. The Balaban J connectivity index is 0.000000829. The van der Waals surface area contributed by atoms with Crippen molar-refractivity contribution in [1.82, 2.24) is 0 Å². The second kappa shape index (κ2) is 7.68. The Bertz CT molecular complexity index is 456. The number of amides is 1. The van der Waals surface area contributed by atoms with Crippen molar-refractivity contribution in [3.8, 4) is 0 Å². The molecule has 1 aliphatic heterocycles. The Morgan fingerprint density at radius 2 is 1.65 bits per heavy atom. The molecule has 0 radical (unpaired) electrons. The first-order valence-corrected chi connectivity index (χ1v) is 7.85. The summed E-state index contributed by atoms with van der Waals surface area (Å²) in [5.74, 6) is 0.382. The molecule has 0 aromatic heterocycles. The molecule has 3 heteroatoms. The molecule has 1 atom stereocenters. The van der Waals surface area contributed by atoms with Crippen LogP contribution < -0.4 is 4.90 Å². The third-order valence-electron chi connectivity index (χ3n) is 3.79. The highest BCUT2D eigenvalue weighted by molar-refractivity contribution is 6.35. The summed E-state index contributed by atoms with van der Waals surface area (Å²) in [5, 5.41) is 0.651. The van der Waals surface area contributed by atoms with Gasteiger partial charge in [-0.15, -0.1) is 0 Å². The number of likely N-dealkylation sites (N-methyl/N-ethyl adjacent to an activating group) is 1. The standard InChI is InChI=1S/C13H16ClNO.2C2H6/c1-8(2)13(3)9-6-5-7-10(14)11(9)15(4)12(13)16;2*1-2/h5-8H,1-4H3;2*1-2H3. The Morgan fingerprint density at radius 3 is 2.10 bits per heavy atom. The van der Waals surface area contributed by atoms with E-state index >= 15 is 0 Å². The maximum absolute atomic E-state index is 12.3. The molecule has 1 heterocycles. The zero-order valence-electron chi connectivity index (χ0n) is 14.0. The van der Waals surface area contributed by atoms with Crippen molar-refractivity contribution in [2.24, 2.45) is 5.92 Å². The van der Waals surface area contributed by atoms with Gasteiger partial charge in [-0.3, -0.25) is 4.79 Å². The number of hydrogen-bond acceptors (Lipinski definition) is 1. The first kappa shape index (κ1) is 19.0. The van der Waals surface area contributed by atoms with Crippen molar-refractivity contribution < 1.29 is 4.79 Å². The van der Waals surface area contributed by atoms with Crippen molar-refractivity contribution in [3.63, 3.8) is 0 Å². The predicted octanol–water partition coefficient (Wildman–Crippen LogP) is 5.28. The fraction of sp³-hybridized carbons (Fsp3) is 0.588. The molecule has 1 unspecified atom stereocenters. The van der Waals surface area contributed by atoms with Crippen molar-refractivity contribution in [2.75, 3.05) is 11.9 Å². The van der Waals surface area contributed by atoms with Gasteiger partial charge in [0.1, 0.15) is 0 Å². The second-order valence-electron chi connectivity index (χ2n) is 4.86. The fourth-order valence-corrected chi connectivity index (χ4v) is 2.70. The Kier molecular flexibility index (Phi) is 7.29. The summed E-state index contributed by atoms with van der Waals surface area (Å²) in [4.78, 5) is 14.0. The smallest absolute Gasteiger partial charge is 0.237 e. The van der Waals surface area contributed by atoms with E-state index < -0.39 is 5.41 Å². The number of carbonyl (C=O) groups excluding carboxylic acids is 1. The molecule has 1 aromatic carbocycles. The molecule has 2 rings (SSSR count). The molecular formula is C17H28ClNO. The van der Waals surface area contributed by atoms with E-state index in [9.17, 15) is 4.79 Å². The summed E-state index contributed by atoms with van der Waals surface area (Å²) in [7, 11) is 1.79. The van der Waals surface area contributed by atoms with Crippen LogP contribution in [0.15, 0.2) is 18.2 Å². The molecule has 0 saturated heterocycles. The number of hydrogen-bond donors (Lipinski definition) is 0. The van der Waals surface area contributed by atoms with Gasteiger partial charge in [0.15, 0.2) is 0 Å². The zero-order chi connectivity index (χ0) is 16.1. The van der Waals surface area contributed by atoms with Crippen LogP contribution in [-0.2, 0) is 10.2 Å². The number of halogens is 1. The molecule has 114 valence electrons. The first-order valence-electron chi connectivity index (χ1n) is 7.47. The number of para-hydroxylation sites is 1. The third kappa shape index (κ3) is 2.85. The van der Waals surface area contributed by atoms with Crippen molar-refractivity contribution in [1.29, 1.82) is 0 Å². The van der Waals surface area contributed by atoms with E-state index in [1.165, 1.54) is 0 Å². The number of carbonyl (C=O) groups is 1. The van der Waals surface area contributed by atoms with Crippen LogP contribution in [0.5, 0.6) is 0 Å². The second-order valence-corrected chi connectivity index (χ2v) is 5.26. The molecule has 0 fully saturated rings. The van der Waals surface area contributed by atoms with E-state index in [1.54, 1.807) is 11.9 Å². The number of fused-ring (bicyclic) bond motifs is 1. The molecule has 0 aliphatic carbocycles. The molecule has 0 bridgehead atoms. The Labute approximate surface area is 129 Å². The summed E-state index contributed by atoms with van der Waals surface area (Å²) < 4.78 is 0. The summed E-state index contributed by atoms with van der Waals surface area (Å²) in [6.07, 6.45) is 0. The highest BCUT2D eigenvalue weighted by atomic mass is 35.5. The minimum atomic E-state index is -0.449. The first-order chi connectivity index (χ1) is 9.40. The van der Waals surface area contributed by atoms with Gasteiger partial charge in [0, 0.05) is 7.05 Å². The van der Waals surface area contributed by atoms with Gasteiger partial charge in [-0.1, -0.05) is 65.3 Å². The minimum Gasteiger partial charge on any atom is -0.313 e. The quantitative estimate of drug-likeness (QED) is 0.690. The lowest BCUT2D eigenvalue weighted by Crippen LogP contribution is -2.40. The highest BCUT2D eigenvalue weighted by Gasteiger charge is 2.48. The van der Waals surface area contributed by atoms with Gasteiger partial charge in [-0.2, -0.15) is 0 Å². The SMILES string of the molecule is CC.CC.CC(C)C1(C)C(=O)N(C)c2c(Cl)cccc21. The van der Waals surface area contributed by atoms with Crippen molar-refractivity contribution in [3.05, 3.63) is 28.8 Å². The van der Waals surface area contributed by atoms with Crippen LogP contribution in [0.25, 0.3) is 0 Å². The van der Waals surface area contributed by atoms with Gasteiger partial charge in [0.05, 0.1) is 16.1 Å². The van der Waals surface area contributed by atoms with Crippen LogP contribution in [0.1, 0.15) is 54.0 Å². The van der Waals surface area contributed by atoms with Gasteiger partial charge >= 0.3 is 0 Å². The fourth-order valence-electron chi connectivity index (χ4n) is 2.40. The van der Waals surface area contributed by atoms with Crippen LogP contribution in [0.2, 0.25) is 5.02 Å². The number of anilines is 1. The van der Waals surface area contributed by atoms with E-state index in [4.69, 9.17) is 11.6 Å². The maximum Gasteiger partial charge on any atom is 0.237 e. The lowest BCUT2D eigenvalue weighted by Gasteiger charge is -2.27. The van der Waals surface area contributed by atoms with Crippen molar-refractivity contribution >= 4 is 23.2 Å². The summed E-state index contributed by atoms with van der Waals surface area (Å²) >= 11 is 6.17. The van der Waals surface area contributed by atoms with Gasteiger partial charge < -0.3 is 4.90 Å². The summed E-state index contributed by atoms with van der Waals surface area (Å²) in [6, 6.07) is 5.74. The highest BCUT2D eigenvalue weighted by Crippen LogP contribution is 2.48. The lowest BCUT2D eigenvalue weighted by atomic mass is 9.74. The Morgan fingerprint density at radius 1 is 1.15 bits per heavy atom. The molecule has 0 N–H and O–H groups in total. The predicted molar refractivity (Wildman–Crippen MR) is 89.7 cm³/mol. The molecule has 0 saturated carbocycles. The van der Waals surface area contributed by atoms with Gasteiger partial charge in [0.25, 0.3) is 0 Å². The van der Waals surface area contributed by atoms with E-state index in [-0.39, 0.29) is 11.8 Å².